The normalized spacial score (nSPS) is 22.1. The molecule has 1 aromatic carbocycles. The van der Waals surface area contributed by atoms with Gasteiger partial charge in [0.15, 0.2) is 0 Å². The third-order valence-electron chi connectivity index (χ3n) is 6.21. The molecule has 3 atom stereocenters. The molecule has 0 amide bonds. The first-order chi connectivity index (χ1) is 14.0. The molecule has 0 spiro atoms. The number of rotatable bonds is 10. The third-order valence-corrected chi connectivity index (χ3v) is 6.21. The molecule has 0 aliphatic carbocycles. The van der Waals surface area contributed by atoms with Gasteiger partial charge in [-0.1, -0.05) is 53.2 Å². The lowest BCUT2D eigenvalue weighted by Gasteiger charge is -2.40. The average molecular weight is 420 g/mol. The van der Waals surface area contributed by atoms with Crippen LogP contribution in [0.4, 0.5) is 0 Å². The zero-order chi connectivity index (χ0) is 22.4. The SMILES string of the molecule is CC1CCCC(C)N1CC(O)COCCOc1ccc(C(C)(C)CC(C)(C)C)cc1. The van der Waals surface area contributed by atoms with Crippen LogP contribution in [-0.4, -0.2) is 54.6 Å². The topological polar surface area (TPSA) is 41.9 Å². The van der Waals surface area contributed by atoms with Crippen LogP contribution >= 0.6 is 0 Å². The van der Waals surface area contributed by atoms with Gasteiger partial charge in [-0.15, -0.1) is 0 Å². The summed E-state index contributed by atoms with van der Waals surface area (Å²) >= 11 is 0. The Kier molecular flexibility index (Phi) is 9.20. The Morgan fingerprint density at radius 1 is 1.00 bits per heavy atom. The second-order valence-corrected chi connectivity index (χ2v) is 11.0. The largest absolute Gasteiger partial charge is 0.491 e. The zero-order valence-corrected chi connectivity index (χ0v) is 20.4. The molecule has 2 rings (SSSR count). The summed E-state index contributed by atoms with van der Waals surface area (Å²) in [6.07, 6.45) is 4.41. The van der Waals surface area contributed by atoms with Gasteiger partial charge in [0.2, 0.25) is 0 Å². The Morgan fingerprint density at radius 3 is 2.17 bits per heavy atom. The molecule has 1 aromatic rings. The molecule has 1 fully saturated rings. The number of hydrogen-bond donors (Lipinski definition) is 1. The van der Waals surface area contributed by atoms with Crippen molar-refractivity contribution in [1.82, 2.24) is 4.90 Å². The van der Waals surface area contributed by atoms with Crippen molar-refractivity contribution in [2.45, 2.75) is 97.8 Å². The molecule has 1 aliphatic rings. The molecule has 0 saturated carbocycles. The van der Waals surface area contributed by atoms with Crippen molar-refractivity contribution < 1.29 is 14.6 Å². The first-order valence-corrected chi connectivity index (χ1v) is 11.7. The van der Waals surface area contributed by atoms with E-state index in [9.17, 15) is 5.11 Å². The quantitative estimate of drug-likeness (QED) is 0.514. The number of aliphatic hydroxyl groups is 1. The summed E-state index contributed by atoms with van der Waals surface area (Å²) in [4.78, 5) is 2.41. The van der Waals surface area contributed by atoms with E-state index < -0.39 is 6.10 Å². The van der Waals surface area contributed by atoms with Gasteiger partial charge in [-0.3, -0.25) is 4.90 Å². The fourth-order valence-corrected chi connectivity index (χ4v) is 5.00. The summed E-state index contributed by atoms with van der Waals surface area (Å²) in [5, 5.41) is 10.3. The van der Waals surface area contributed by atoms with Crippen LogP contribution in [0.3, 0.4) is 0 Å². The van der Waals surface area contributed by atoms with Crippen LogP contribution in [0.1, 0.15) is 79.7 Å². The maximum atomic E-state index is 10.3. The standard InChI is InChI=1S/C26H45NO3/c1-20-9-8-10-21(2)27(20)17-23(28)18-29-15-16-30-24-13-11-22(12-14-24)26(6,7)19-25(3,4)5/h11-14,20-21,23,28H,8-10,15-19H2,1-7H3. The molecule has 1 heterocycles. The summed E-state index contributed by atoms with van der Waals surface area (Å²) in [6, 6.07) is 9.53. The van der Waals surface area contributed by atoms with Gasteiger partial charge in [0.1, 0.15) is 12.4 Å². The highest BCUT2D eigenvalue weighted by Gasteiger charge is 2.27. The fraction of sp³-hybridized carbons (Fsp3) is 0.769. The first-order valence-electron chi connectivity index (χ1n) is 11.7. The Balaban J connectivity index is 1.68. The Hall–Kier alpha value is -1.10. The number of hydrogen-bond acceptors (Lipinski definition) is 4. The molecule has 3 unspecified atom stereocenters. The van der Waals surface area contributed by atoms with Crippen LogP contribution in [0, 0.1) is 5.41 Å². The average Bonchev–Trinajstić information content (AvgIpc) is 2.63. The van der Waals surface area contributed by atoms with E-state index in [2.05, 4.69) is 65.5 Å². The number of nitrogens with zero attached hydrogens (tertiary/aromatic N) is 1. The van der Waals surface area contributed by atoms with E-state index in [-0.39, 0.29) is 5.41 Å². The molecule has 172 valence electrons. The lowest BCUT2D eigenvalue weighted by atomic mass is 9.72. The highest BCUT2D eigenvalue weighted by atomic mass is 16.5. The van der Waals surface area contributed by atoms with Gasteiger partial charge in [0.05, 0.1) is 19.3 Å². The molecule has 0 aromatic heterocycles. The molecule has 0 radical (unpaired) electrons. The van der Waals surface area contributed by atoms with Crippen LogP contribution in [0.2, 0.25) is 0 Å². The molecule has 4 nitrogen and oxygen atoms in total. The van der Waals surface area contributed by atoms with Crippen molar-refractivity contribution in [1.29, 1.82) is 0 Å². The maximum Gasteiger partial charge on any atom is 0.119 e. The van der Waals surface area contributed by atoms with Crippen LogP contribution < -0.4 is 4.74 Å². The van der Waals surface area contributed by atoms with Gasteiger partial charge in [0.25, 0.3) is 0 Å². The number of benzene rings is 1. The molecule has 4 heteroatoms. The van der Waals surface area contributed by atoms with Crippen molar-refractivity contribution in [3.8, 4) is 5.75 Å². The Bertz CT molecular complexity index is 610. The summed E-state index contributed by atoms with van der Waals surface area (Å²) < 4.78 is 11.5. The molecule has 30 heavy (non-hydrogen) atoms. The van der Waals surface area contributed by atoms with Gasteiger partial charge in [-0.25, -0.2) is 0 Å². The van der Waals surface area contributed by atoms with Crippen molar-refractivity contribution in [3.63, 3.8) is 0 Å². The minimum atomic E-state index is -0.447. The van der Waals surface area contributed by atoms with Crippen molar-refractivity contribution in [3.05, 3.63) is 29.8 Å². The molecule has 1 aliphatic heterocycles. The molecular formula is C26H45NO3. The number of likely N-dealkylation sites (tertiary alicyclic amines) is 1. The number of piperidine rings is 1. The van der Waals surface area contributed by atoms with Crippen LogP contribution in [-0.2, 0) is 10.2 Å². The predicted molar refractivity (Wildman–Crippen MR) is 125 cm³/mol. The van der Waals surface area contributed by atoms with Crippen molar-refractivity contribution in [2.75, 3.05) is 26.4 Å². The van der Waals surface area contributed by atoms with Crippen LogP contribution in [0.25, 0.3) is 0 Å². The molecule has 1 N–H and O–H groups in total. The second kappa shape index (κ2) is 11.0. The molecule has 1 saturated heterocycles. The number of β-amino-alcohol motifs (C(OH)–C–C–N with tert-alkyl or cyclic N) is 1. The fourth-order valence-electron chi connectivity index (χ4n) is 5.00. The van der Waals surface area contributed by atoms with E-state index in [0.717, 1.165) is 12.2 Å². The van der Waals surface area contributed by atoms with Gasteiger partial charge in [-0.2, -0.15) is 0 Å². The van der Waals surface area contributed by atoms with E-state index in [1.54, 1.807) is 0 Å². The van der Waals surface area contributed by atoms with E-state index >= 15 is 0 Å². The third kappa shape index (κ3) is 8.20. The number of aliphatic hydroxyl groups excluding tert-OH is 1. The smallest absolute Gasteiger partial charge is 0.119 e. The highest BCUT2D eigenvalue weighted by molar-refractivity contribution is 5.31. The lowest BCUT2D eigenvalue weighted by Crippen LogP contribution is -2.48. The van der Waals surface area contributed by atoms with Crippen LogP contribution in [0.15, 0.2) is 24.3 Å². The van der Waals surface area contributed by atoms with Gasteiger partial charge in [-0.05, 0) is 61.6 Å². The van der Waals surface area contributed by atoms with E-state index in [0.29, 0.717) is 43.9 Å². The summed E-state index contributed by atoms with van der Waals surface area (Å²) in [7, 11) is 0. The van der Waals surface area contributed by atoms with Crippen LogP contribution in [0.5, 0.6) is 5.75 Å². The lowest BCUT2D eigenvalue weighted by molar-refractivity contribution is -0.0141. The second-order valence-electron chi connectivity index (χ2n) is 11.0. The van der Waals surface area contributed by atoms with Gasteiger partial charge >= 0.3 is 0 Å². The Labute approximate surface area is 185 Å². The van der Waals surface area contributed by atoms with E-state index in [4.69, 9.17) is 9.47 Å². The summed E-state index contributed by atoms with van der Waals surface area (Å²) in [6.45, 7) is 18.0. The van der Waals surface area contributed by atoms with Gasteiger partial charge in [0, 0.05) is 18.6 Å². The summed E-state index contributed by atoms with van der Waals surface area (Å²) in [5.41, 5.74) is 1.77. The minimum absolute atomic E-state index is 0.138. The minimum Gasteiger partial charge on any atom is -0.491 e. The predicted octanol–water partition coefficient (Wildman–Crippen LogP) is 5.42. The monoisotopic (exact) mass is 419 g/mol. The van der Waals surface area contributed by atoms with E-state index in [1.807, 2.05) is 12.1 Å². The van der Waals surface area contributed by atoms with Crippen molar-refractivity contribution >= 4 is 0 Å². The van der Waals surface area contributed by atoms with Gasteiger partial charge < -0.3 is 14.6 Å². The first kappa shape index (κ1) is 25.2. The molecule has 0 bridgehead atoms. The highest BCUT2D eigenvalue weighted by Crippen LogP contribution is 2.36. The maximum absolute atomic E-state index is 10.3. The molecular weight excluding hydrogens is 374 g/mol. The van der Waals surface area contributed by atoms with Crippen molar-refractivity contribution in [2.24, 2.45) is 5.41 Å². The Morgan fingerprint density at radius 2 is 1.60 bits per heavy atom. The zero-order valence-electron chi connectivity index (χ0n) is 20.4. The number of ether oxygens (including phenoxy) is 2. The summed E-state index contributed by atoms with van der Waals surface area (Å²) in [5.74, 6) is 0.866. The van der Waals surface area contributed by atoms with E-state index in [1.165, 1.54) is 24.8 Å².